The molecule has 0 saturated carbocycles. The zero-order chi connectivity index (χ0) is 17.4. The fourth-order valence-electron chi connectivity index (χ4n) is 2.15. The second kappa shape index (κ2) is 9.81. The maximum absolute atomic E-state index is 12.9. The third-order valence-electron chi connectivity index (χ3n) is 3.29. The molecule has 3 nitrogen and oxygen atoms in total. The monoisotopic (exact) mass is 410 g/mol. The van der Waals surface area contributed by atoms with Crippen LogP contribution in [0.2, 0.25) is 0 Å². The summed E-state index contributed by atoms with van der Waals surface area (Å²) in [6.45, 7) is 1.56. The number of benzene rings is 2. The zero-order valence-corrected chi connectivity index (χ0v) is 15.9. The number of nitrogens with one attached hydrogen (secondary N) is 1. The van der Waals surface area contributed by atoms with Crippen molar-refractivity contribution in [3.8, 4) is 0 Å². The van der Waals surface area contributed by atoms with Crippen LogP contribution in [0, 0.1) is 5.82 Å². The van der Waals surface area contributed by atoms with Crippen LogP contribution in [0.1, 0.15) is 5.56 Å². The van der Waals surface area contributed by atoms with Crippen LogP contribution in [0.5, 0.6) is 0 Å². The van der Waals surface area contributed by atoms with Crippen LogP contribution in [-0.2, 0) is 11.3 Å². The van der Waals surface area contributed by atoms with E-state index in [4.69, 9.17) is 0 Å². The van der Waals surface area contributed by atoms with E-state index in [0.29, 0.717) is 19.6 Å². The van der Waals surface area contributed by atoms with Gasteiger partial charge in [0.25, 0.3) is 0 Å². The van der Waals surface area contributed by atoms with Gasteiger partial charge >= 0.3 is 0 Å². The molecule has 2 aromatic rings. The Kier molecular flexibility index (Phi) is 7.75. The molecule has 0 unspecified atom stereocenters. The molecular formula is C18H20BrFN2OS. The fourth-order valence-corrected chi connectivity index (χ4v) is 3.18. The van der Waals surface area contributed by atoms with Crippen molar-refractivity contribution in [2.75, 3.05) is 25.9 Å². The number of hydrogen-bond acceptors (Lipinski definition) is 3. The van der Waals surface area contributed by atoms with Crippen LogP contribution >= 0.6 is 27.7 Å². The third-order valence-corrected chi connectivity index (χ3v) is 4.83. The van der Waals surface area contributed by atoms with E-state index in [1.54, 1.807) is 23.9 Å². The molecule has 0 heterocycles. The van der Waals surface area contributed by atoms with E-state index in [-0.39, 0.29) is 11.7 Å². The van der Waals surface area contributed by atoms with E-state index in [2.05, 4.69) is 21.2 Å². The highest BCUT2D eigenvalue weighted by atomic mass is 79.9. The molecule has 128 valence electrons. The van der Waals surface area contributed by atoms with Crippen molar-refractivity contribution in [3.63, 3.8) is 0 Å². The summed E-state index contributed by atoms with van der Waals surface area (Å²) in [5.74, 6) is 0.577. The van der Waals surface area contributed by atoms with Gasteiger partial charge in [-0.1, -0.05) is 28.1 Å². The lowest BCUT2D eigenvalue weighted by Gasteiger charge is -2.16. The van der Waals surface area contributed by atoms with Gasteiger partial charge in [0.2, 0.25) is 5.91 Å². The average Bonchev–Trinajstić information content (AvgIpc) is 2.55. The molecule has 0 saturated heterocycles. The zero-order valence-electron chi connectivity index (χ0n) is 13.5. The van der Waals surface area contributed by atoms with Gasteiger partial charge in [-0.3, -0.25) is 9.69 Å². The summed E-state index contributed by atoms with van der Waals surface area (Å²) in [6.07, 6.45) is 0. The van der Waals surface area contributed by atoms with Crippen molar-refractivity contribution in [1.29, 1.82) is 0 Å². The van der Waals surface area contributed by atoms with Crippen LogP contribution < -0.4 is 5.32 Å². The van der Waals surface area contributed by atoms with Crippen molar-refractivity contribution in [2.24, 2.45) is 0 Å². The lowest BCUT2D eigenvalue weighted by atomic mass is 10.2. The predicted molar refractivity (Wildman–Crippen MR) is 101 cm³/mol. The first kappa shape index (κ1) is 19.0. The third kappa shape index (κ3) is 7.03. The molecule has 0 aromatic heterocycles. The van der Waals surface area contributed by atoms with E-state index in [9.17, 15) is 9.18 Å². The summed E-state index contributed by atoms with van der Waals surface area (Å²) in [5.41, 5.74) is 0.984. The first-order valence-corrected chi connectivity index (χ1v) is 9.39. The summed E-state index contributed by atoms with van der Waals surface area (Å²) in [6, 6.07) is 14.4. The van der Waals surface area contributed by atoms with Crippen molar-refractivity contribution in [2.45, 2.75) is 11.4 Å². The maximum atomic E-state index is 12.9. The van der Waals surface area contributed by atoms with Crippen LogP contribution in [0.4, 0.5) is 4.39 Å². The van der Waals surface area contributed by atoms with E-state index in [1.165, 1.54) is 17.0 Å². The molecule has 0 bridgehead atoms. The Labute approximate surface area is 154 Å². The topological polar surface area (TPSA) is 32.3 Å². The van der Waals surface area contributed by atoms with Crippen LogP contribution in [0.25, 0.3) is 0 Å². The van der Waals surface area contributed by atoms with Gasteiger partial charge in [-0.15, -0.1) is 11.8 Å². The van der Waals surface area contributed by atoms with Gasteiger partial charge in [-0.25, -0.2) is 4.39 Å². The molecule has 1 amide bonds. The van der Waals surface area contributed by atoms with E-state index in [0.717, 1.165) is 15.8 Å². The molecule has 0 spiro atoms. The smallest absolute Gasteiger partial charge is 0.234 e. The Bertz CT molecular complexity index is 649. The molecule has 2 aromatic carbocycles. The largest absolute Gasteiger partial charge is 0.354 e. The Morgan fingerprint density at radius 3 is 2.50 bits per heavy atom. The summed E-state index contributed by atoms with van der Waals surface area (Å²) in [7, 11) is 1.87. The highest BCUT2D eigenvalue weighted by molar-refractivity contribution is 9.10. The van der Waals surface area contributed by atoms with Gasteiger partial charge in [-0.2, -0.15) is 0 Å². The van der Waals surface area contributed by atoms with Gasteiger partial charge in [-0.05, 0) is 49.0 Å². The highest BCUT2D eigenvalue weighted by Crippen LogP contribution is 2.19. The van der Waals surface area contributed by atoms with Crippen molar-refractivity contribution in [1.82, 2.24) is 10.2 Å². The van der Waals surface area contributed by atoms with Crippen LogP contribution in [-0.4, -0.2) is 36.7 Å². The maximum Gasteiger partial charge on any atom is 0.234 e. The standard InChI is InChI=1S/C18H20BrFN2OS/c1-22(12-14-2-6-16(20)7-3-14)13-18(23)21-10-11-24-17-8-4-15(19)5-9-17/h2-9H,10-13H2,1H3,(H,21,23). The molecule has 0 fully saturated rings. The normalized spacial score (nSPS) is 10.8. The average molecular weight is 411 g/mol. The Morgan fingerprint density at radius 2 is 1.83 bits per heavy atom. The molecule has 1 N–H and O–H groups in total. The van der Waals surface area contributed by atoms with Gasteiger partial charge in [0.15, 0.2) is 0 Å². The molecule has 0 aliphatic heterocycles. The van der Waals surface area contributed by atoms with Crippen molar-refractivity contribution >= 4 is 33.6 Å². The number of halogens is 2. The minimum atomic E-state index is -0.248. The number of rotatable bonds is 8. The van der Waals surface area contributed by atoms with Crippen LogP contribution in [0.15, 0.2) is 57.9 Å². The summed E-state index contributed by atoms with van der Waals surface area (Å²) < 4.78 is 13.9. The number of nitrogens with zero attached hydrogens (tertiary/aromatic N) is 1. The molecule has 0 aliphatic rings. The molecule has 0 atom stereocenters. The summed E-state index contributed by atoms with van der Waals surface area (Å²) >= 11 is 5.12. The van der Waals surface area contributed by atoms with Gasteiger partial charge in [0.05, 0.1) is 6.54 Å². The van der Waals surface area contributed by atoms with Crippen molar-refractivity contribution in [3.05, 3.63) is 64.4 Å². The Hall–Kier alpha value is -1.37. The number of hydrogen-bond donors (Lipinski definition) is 1. The van der Waals surface area contributed by atoms with Crippen molar-refractivity contribution < 1.29 is 9.18 Å². The first-order valence-electron chi connectivity index (χ1n) is 7.61. The van der Waals surface area contributed by atoms with Gasteiger partial charge in [0, 0.05) is 28.2 Å². The number of carbonyl (C=O) groups is 1. The second-order valence-corrected chi connectivity index (χ2v) is 7.54. The summed E-state index contributed by atoms with van der Waals surface area (Å²) in [4.78, 5) is 15.0. The minimum Gasteiger partial charge on any atom is -0.354 e. The molecule has 6 heteroatoms. The SMILES string of the molecule is CN(CC(=O)NCCSc1ccc(Br)cc1)Cc1ccc(F)cc1. The Balaban J connectivity index is 1.63. The quantitative estimate of drug-likeness (QED) is 0.528. The number of amides is 1. The number of carbonyl (C=O) groups excluding carboxylic acids is 1. The second-order valence-electron chi connectivity index (χ2n) is 5.45. The van der Waals surface area contributed by atoms with E-state index in [1.807, 2.05) is 36.2 Å². The number of likely N-dealkylation sites (N-methyl/N-ethyl adjacent to an activating group) is 1. The van der Waals surface area contributed by atoms with E-state index >= 15 is 0 Å². The lowest BCUT2D eigenvalue weighted by Crippen LogP contribution is -2.35. The first-order chi connectivity index (χ1) is 11.5. The van der Waals surface area contributed by atoms with Gasteiger partial charge in [0.1, 0.15) is 5.82 Å². The molecule has 24 heavy (non-hydrogen) atoms. The predicted octanol–water partition coefficient (Wildman–Crippen LogP) is 3.93. The minimum absolute atomic E-state index is 0.00369. The lowest BCUT2D eigenvalue weighted by molar-refractivity contribution is -0.121. The number of thioether (sulfide) groups is 1. The molecular weight excluding hydrogens is 391 g/mol. The van der Waals surface area contributed by atoms with E-state index < -0.39 is 0 Å². The highest BCUT2D eigenvalue weighted by Gasteiger charge is 2.07. The van der Waals surface area contributed by atoms with Gasteiger partial charge < -0.3 is 5.32 Å². The van der Waals surface area contributed by atoms with Crippen LogP contribution in [0.3, 0.4) is 0 Å². The fraction of sp³-hybridized carbons (Fsp3) is 0.278. The summed E-state index contributed by atoms with van der Waals surface area (Å²) in [5, 5.41) is 2.92. The molecule has 0 radical (unpaired) electrons. The Morgan fingerprint density at radius 1 is 1.17 bits per heavy atom. The molecule has 0 aliphatic carbocycles. The molecule has 2 rings (SSSR count).